The van der Waals surface area contributed by atoms with Gasteiger partial charge in [0.25, 0.3) is 0 Å². The van der Waals surface area contributed by atoms with Crippen molar-refractivity contribution in [2.75, 3.05) is 13.7 Å². The minimum atomic E-state index is -0.0153. The fourth-order valence-corrected chi connectivity index (χ4v) is 4.24. The van der Waals surface area contributed by atoms with Crippen LogP contribution in [0.1, 0.15) is 6.42 Å². The number of rotatable bonds is 5. The molecule has 0 unspecified atom stereocenters. The number of hydrogen-bond acceptors (Lipinski definition) is 2. The van der Waals surface area contributed by atoms with Gasteiger partial charge in [0.15, 0.2) is 0 Å². The predicted molar refractivity (Wildman–Crippen MR) is 42.6 cm³/mol. The molecule has 0 spiro atoms. The van der Waals surface area contributed by atoms with Crippen LogP contribution in [0.15, 0.2) is 0 Å². The highest BCUT2D eigenvalue weighted by Gasteiger charge is 1.86. The Labute approximate surface area is 55.3 Å². The van der Waals surface area contributed by atoms with E-state index in [0.717, 1.165) is 6.54 Å². The van der Waals surface area contributed by atoms with E-state index < -0.39 is 0 Å². The van der Waals surface area contributed by atoms with E-state index in [4.69, 9.17) is 10.2 Å². The maximum atomic E-state index is 5.31. The van der Waals surface area contributed by atoms with Crippen LogP contribution in [0.4, 0.5) is 0 Å². The second-order valence-electron chi connectivity index (χ2n) is 1.84. The van der Waals surface area contributed by atoms with E-state index in [1.165, 1.54) is 12.5 Å². The summed E-state index contributed by atoms with van der Waals surface area (Å²) in [5.74, 6) is 0. The molecule has 0 aromatic carbocycles. The molecule has 0 saturated carbocycles. The van der Waals surface area contributed by atoms with E-state index in [0.29, 0.717) is 0 Å². The predicted octanol–water partition coefficient (Wildman–Crippen LogP) is -1.43. The van der Waals surface area contributed by atoms with Gasteiger partial charge in [0, 0.05) is 16.1 Å². The highest BCUT2D eigenvalue weighted by atomic mass is 29.2. The Morgan fingerprint density at radius 2 is 2.38 bits per heavy atom. The van der Waals surface area contributed by atoms with Crippen molar-refractivity contribution in [2.45, 2.75) is 12.5 Å². The van der Waals surface area contributed by atoms with Crippen LogP contribution in [-0.2, 0) is 4.43 Å². The van der Waals surface area contributed by atoms with E-state index in [1.807, 2.05) is 7.11 Å². The molecule has 0 saturated heterocycles. The zero-order valence-corrected chi connectivity index (χ0v) is 8.35. The van der Waals surface area contributed by atoms with Crippen LogP contribution in [0.3, 0.4) is 0 Å². The number of nitrogens with two attached hydrogens (primary N) is 1. The molecule has 0 aliphatic carbocycles. The average molecular weight is 149 g/mol. The lowest BCUT2D eigenvalue weighted by atomic mass is 10.5. The second-order valence-corrected chi connectivity index (χ2v) is 7.59. The Balaban J connectivity index is 2.53. The van der Waals surface area contributed by atoms with Crippen molar-refractivity contribution < 1.29 is 4.43 Å². The van der Waals surface area contributed by atoms with Crippen molar-refractivity contribution in [3.8, 4) is 0 Å². The lowest BCUT2D eigenvalue weighted by Gasteiger charge is -1.93. The lowest BCUT2D eigenvalue weighted by molar-refractivity contribution is 0.454. The molecule has 8 heavy (non-hydrogen) atoms. The van der Waals surface area contributed by atoms with Crippen molar-refractivity contribution in [3.63, 3.8) is 0 Å². The van der Waals surface area contributed by atoms with Crippen LogP contribution in [0, 0.1) is 0 Å². The monoisotopic (exact) mass is 149 g/mol. The van der Waals surface area contributed by atoms with Gasteiger partial charge >= 0.3 is 0 Å². The molecule has 0 radical (unpaired) electrons. The van der Waals surface area contributed by atoms with E-state index in [2.05, 4.69) is 0 Å². The Morgan fingerprint density at radius 3 is 2.88 bits per heavy atom. The van der Waals surface area contributed by atoms with Crippen molar-refractivity contribution >= 4 is 18.3 Å². The van der Waals surface area contributed by atoms with Crippen LogP contribution in [0.5, 0.6) is 0 Å². The zero-order valence-electron chi connectivity index (χ0n) is 5.52. The molecule has 0 atom stereocenters. The molecule has 0 bridgehead atoms. The summed E-state index contributed by atoms with van der Waals surface area (Å²) in [6.07, 6.45) is 1.22. The SMILES string of the molecule is CO[SiH2][SiH2]CCCN. The Morgan fingerprint density at radius 1 is 1.62 bits per heavy atom. The molecular weight excluding hydrogens is 134 g/mol. The normalized spacial score (nSPS) is 12.8. The minimum absolute atomic E-state index is 0.0153. The van der Waals surface area contributed by atoms with Gasteiger partial charge in [-0.2, -0.15) is 0 Å². The highest BCUT2D eigenvalue weighted by molar-refractivity contribution is 6.97. The molecule has 4 heteroatoms. The van der Waals surface area contributed by atoms with Gasteiger partial charge < -0.3 is 10.2 Å². The van der Waals surface area contributed by atoms with E-state index in [1.54, 1.807) is 0 Å². The summed E-state index contributed by atoms with van der Waals surface area (Å²) in [6, 6.07) is 1.40. The first-order valence-electron chi connectivity index (χ1n) is 3.11. The topological polar surface area (TPSA) is 35.2 Å². The van der Waals surface area contributed by atoms with Crippen LogP contribution < -0.4 is 5.73 Å². The van der Waals surface area contributed by atoms with E-state index in [-0.39, 0.29) is 18.3 Å². The first kappa shape index (κ1) is 8.35. The summed E-state index contributed by atoms with van der Waals surface area (Å²) >= 11 is 0. The van der Waals surface area contributed by atoms with E-state index >= 15 is 0 Å². The zero-order chi connectivity index (χ0) is 6.24. The van der Waals surface area contributed by atoms with Crippen LogP contribution >= 0.6 is 0 Å². The first-order chi connectivity index (χ1) is 3.91. The fourth-order valence-electron chi connectivity index (χ4n) is 0.568. The van der Waals surface area contributed by atoms with Gasteiger partial charge in [0.2, 0.25) is 0 Å². The molecule has 0 aliphatic rings. The third-order valence-electron chi connectivity index (χ3n) is 1.05. The lowest BCUT2D eigenvalue weighted by Crippen LogP contribution is -2.07. The van der Waals surface area contributed by atoms with Crippen molar-refractivity contribution in [1.82, 2.24) is 0 Å². The van der Waals surface area contributed by atoms with Crippen LogP contribution in [0.2, 0.25) is 6.04 Å². The third kappa shape index (κ3) is 6.35. The third-order valence-corrected chi connectivity index (χ3v) is 6.34. The highest BCUT2D eigenvalue weighted by Crippen LogP contribution is 1.82. The Bertz CT molecular complexity index is 39.0. The molecule has 0 fully saturated rings. The summed E-state index contributed by atoms with van der Waals surface area (Å²) < 4.78 is 5.05. The fraction of sp³-hybridized carbons (Fsp3) is 1.00. The molecule has 0 aromatic heterocycles. The Kier molecular flexibility index (Phi) is 7.68. The second kappa shape index (κ2) is 7.35. The van der Waals surface area contributed by atoms with E-state index in [9.17, 15) is 0 Å². The van der Waals surface area contributed by atoms with Gasteiger partial charge in [0.05, 0.1) is 0 Å². The van der Waals surface area contributed by atoms with Gasteiger partial charge in [-0.25, -0.2) is 0 Å². The summed E-state index contributed by atoms with van der Waals surface area (Å²) in [6.45, 7) is 0.866. The summed E-state index contributed by atoms with van der Waals surface area (Å²) in [4.78, 5) is 0. The quantitative estimate of drug-likeness (QED) is 0.384. The summed E-state index contributed by atoms with van der Waals surface area (Å²) in [5, 5.41) is 0. The van der Waals surface area contributed by atoms with Crippen molar-refractivity contribution in [3.05, 3.63) is 0 Å². The molecular formula is C4H15NOSi2. The van der Waals surface area contributed by atoms with Gasteiger partial charge in [0.1, 0.15) is 9.28 Å². The maximum Gasteiger partial charge on any atom is 0.142 e. The van der Waals surface area contributed by atoms with Crippen molar-refractivity contribution in [1.29, 1.82) is 0 Å². The van der Waals surface area contributed by atoms with Gasteiger partial charge in [-0.15, -0.1) is 0 Å². The smallest absolute Gasteiger partial charge is 0.142 e. The first-order valence-corrected chi connectivity index (χ1v) is 8.68. The molecule has 0 aromatic rings. The molecule has 2 N–H and O–H groups in total. The molecule has 0 aliphatic heterocycles. The molecule has 2 nitrogen and oxygen atoms in total. The minimum Gasteiger partial charge on any atom is -0.431 e. The summed E-state index contributed by atoms with van der Waals surface area (Å²) in [7, 11) is 2.04. The maximum absolute atomic E-state index is 5.31. The largest absolute Gasteiger partial charge is 0.431 e. The standard InChI is InChI=1S/C4H15NOSi2/c1-6-8-7-4-2-3-5/h2-5,7-8H2,1H3. The molecule has 50 valence electrons. The van der Waals surface area contributed by atoms with Crippen LogP contribution in [-0.4, -0.2) is 32.0 Å². The molecule has 0 rings (SSSR count). The molecule has 0 heterocycles. The molecule has 0 amide bonds. The van der Waals surface area contributed by atoms with Gasteiger partial charge in [-0.3, -0.25) is 0 Å². The Hall–Kier alpha value is 0.354. The summed E-state index contributed by atoms with van der Waals surface area (Å²) in [5.41, 5.74) is 5.31. The van der Waals surface area contributed by atoms with Gasteiger partial charge in [-0.05, 0) is 13.0 Å². The average Bonchev–Trinajstić information content (AvgIpc) is 1.81. The van der Waals surface area contributed by atoms with Crippen molar-refractivity contribution in [2.24, 2.45) is 5.73 Å². The number of hydrogen-bond donors (Lipinski definition) is 1. The van der Waals surface area contributed by atoms with Crippen LogP contribution in [0.25, 0.3) is 0 Å². The van der Waals surface area contributed by atoms with Gasteiger partial charge in [-0.1, -0.05) is 6.04 Å².